The lowest BCUT2D eigenvalue weighted by molar-refractivity contribution is -0.310. The SMILES string of the molecule is C=CCO[C@H]1[C@@H](O)[C@@H](C(O)[Si](C)(C)C(C)(C)C)O[C@H](OCCCCCC(=O)OC)[C@@H]1O. The molecule has 1 aliphatic rings. The Morgan fingerprint density at radius 3 is 2.35 bits per heavy atom. The van der Waals surface area contributed by atoms with E-state index in [1.54, 1.807) is 0 Å². The monoisotopic (exact) mass is 462 g/mol. The highest BCUT2D eigenvalue weighted by atomic mass is 28.3. The Morgan fingerprint density at radius 1 is 1.16 bits per heavy atom. The number of carbonyl (C=O) groups excluding carboxylic acids is 1. The number of aliphatic hydroxyl groups is 3. The van der Waals surface area contributed by atoms with Crippen LogP contribution in [0.5, 0.6) is 0 Å². The van der Waals surface area contributed by atoms with Gasteiger partial charge in [-0.2, -0.15) is 0 Å². The van der Waals surface area contributed by atoms with Crippen LogP contribution < -0.4 is 0 Å². The summed E-state index contributed by atoms with van der Waals surface area (Å²) < 4.78 is 21.9. The number of unbranched alkanes of at least 4 members (excludes halogenated alkanes) is 2. The van der Waals surface area contributed by atoms with Gasteiger partial charge in [0, 0.05) is 13.0 Å². The molecule has 3 N–H and O–H groups in total. The van der Waals surface area contributed by atoms with Crippen molar-refractivity contribution < 1.29 is 39.1 Å². The van der Waals surface area contributed by atoms with Crippen LogP contribution >= 0.6 is 0 Å². The second kappa shape index (κ2) is 12.4. The molecule has 0 aliphatic carbocycles. The smallest absolute Gasteiger partial charge is 0.305 e. The molecule has 0 aromatic heterocycles. The van der Waals surface area contributed by atoms with Crippen molar-refractivity contribution >= 4 is 14.0 Å². The highest BCUT2D eigenvalue weighted by Gasteiger charge is 2.54. The number of methoxy groups -OCH3 is 1. The van der Waals surface area contributed by atoms with E-state index in [0.29, 0.717) is 25.9 Å². The molecule has 1 rings (SSSR count). The molecule has 0 amide bonds. The van der Waals surface area contributed by atoms with E-state index in [0.717, 1.165) is 6.42 Å². The maximum atomic E-state index is 11.2. The largest absolute Gasteiger partial charge is 0.469 e. The molecule has 0 saturated carbocycles. The highest BCUT2D eigenvalue weighted by Crippen LogP contribution is 2.41. The van der Waals surface area contributed by atoms with Crippen molar-refractivity contribution in [2.24, 2.45) is 0 Å². The number of esters is 1. The first-order valence-electron chi connectivity index (χ1n) is 11.0. The van der Waals surface area contributed by atoms with Gasteiger partial charge in [-0.05, 0) is 17.9 Å². The lowest BCUT2D eigenvalue weighted by Gasteiger charge is -2.49. The number of aliphatic hydroxyl groups excluding tert-OH is 3. The number of ether oxygens (including phenoxy) is 4. The topological polar surface area (TPSA) is 115 Å². The predicted molar refractivity (Wildman–Crippen MR) is 120 cm³/mol. The zero-order chi connectivity index (χ0) is 23.8. The Hall–Kier alpha value is -0.813. The molecule has 31 heavy (non-hydrogen) atoms. The second-order valence-corrected chi connectivity index (χ2v) is 15.2. The molecule has 8 nitrogen and oxygen atoms in total. The molecule has 1 unspecified atom stereocenters. The normalized spacial score (nSPS) is 28.2. The van der Waals surface area contributed by atoms with Gasteiger partial charge in [0.15, 0.2) is 6.29 Å². The van der Waals surface area contributed by atoms with Crippen molar-refractivity contribution in [2.75, 3.05) is 20.3 Å². The maximum Gasteiger partial charge on any atom is 0.305 e. The summed E-state index contributed by atoms with van der Waals surface area (Å²) in [4.78, 5) is 11.2. The third-order valence-electron chi connectivity index (χ3n) is 6.51. The van der Waals surface area contributed by atoms with Gasteiger partial charge in [-0.1, -0.05) is 46.4 Å². The fraction of sp³-hybridized carbons (Fsp3) is 0.864. The molecule has 0 aromatic carbocycles. The molecular weight excluding hydrogens is 420 g/mol. The summed E-state index contributed by atoms with van der Waals surface area (Å²) in [7, 11) is -0.937. The minimum absolute atomic E-state index is 0.140. The van der Waals surface area contributed by atoms with Gasteiger partial charge < -0.3 is 34.3 Å². The summed E-state index contributed by atoms with van der Waals surface area (Å²) in [5, 5.41) is 32.6. The van der Waals surface area contributed by atoms with Crippen molar-refractivity contribution in [3.63, 3.8) is 0 Å². The van der Waals surface area contributed by atoms with Crippen molar-refractivity contribution in [2.45, 2.75) is 101 Å². The summed E-state index contributed by atoms with van der Waals surface area (Å²) in [5.41, 5.74) is -0.893. The molecule has 1 heterocycles. The summed E-state index contributed by atoms with van der Waals surface area (Å²) in [6, 6.07) is 0. The average Bonchev–Trinajstić information content (AvgIpc) is 2.70. The van der Waals surface area contributed by atoms with E-state index in [9.17, 15) is 20.1 Å². The number of hydrogen-bond donors (Lipinski definition) is 3. The first-order valence-corrected chi connectivity index (χ1v) is 14.1. The summed E-state index contributed by atoms with van der Waals surface area (Å²) >= 11 is 0. The zero-order valence-electron chi connectivity index (χ0n) is 19.9. The molecule has 0 bridgehead atoms. The van der Waals surface area contributed by atoms with Crippen LogP contribution in [-0.2, 0) is 23.7 Å². The van der Waals surface area contributed by atoms with Gasteiger partial charge in [0.1, 0.15) is 24.4 Å². The summed E-state index contributed by atoms with van der Waals surface area (Å²) in [6.45, 7) is 14.4. The van der Waals surface area contributed by atoms with Crippen LogP contribution in [0.15, 0.2) is 12.7 Å². The van der Waals surface area contributed by atoms with Crippen molar-refractivity contribution in [1.29, 1.82) is 0 Å². The minimum atomic E-state index is -2.30. The van der Waals surface area contributed by atoms with Crippen molar-refractivity contribution in [3.05, 3.63) is 12.7 Å². The molecule has 1 aliphatic heterocycles. The van der Waals surface area contributed by atoms with Gasteiger partial charge in [0.25, 0.3) is 0 Å². The summed E-state index contributed by atoms with van der Waals surface area (Å²) in [6.07, 6.45) is -1.39. The number of hydrogen-bond acceptors (Lipinski definition) is 8. The van der Waals surface area contributed by atoms with Gasteiger partial charge in [-0.15, -0.1) is 6.58 Å². The van der Waals surface area contributed by atoms with Gasteiger partial charge in [0.2, 0.25) is 0 Å². The summed E-state index contributed by atoms with van der Waals surface area (Å²) in [5.74, 6) is -0.245. The quantitative estimate of drug-likeness (QED) is 0.175. The van der Waals surface area contributed by atoms with Crippen LogP contribution in [0.4, 0.5) is 0 Å². The van der Waals surface area contributed by atoms with Crippen molar-refractivity contribution in [1.82, 2.24) is 0 Å². The maximum absolute atomic E-state index is 11.2. The Kier molecular flexibility index (Phi) is 11.3. The molecule has 1 fully saturated rings. The molecule has 182 valence electrons. The van der Waals surface area contributed by atoms with Gasteiger partial charge >= 0.3 is 5.97 Å². The first-order chi connectivity index (χ1) is 14.4. The van der Waals surface area contributed by atoms with E-state index >= 15 is 0 Å². The fourth-order valence-electron chi connectivity index (χ4n) is 3.34. The number of carbonyl (C=O) groups is 1. The molecule has 6 atom stereocenters. The Bertz CT molecular complexity index is 562. The molecule has 0 aromatic rings. The molecule has 1 saturated heterocycles. The van der Waals surface area contributed by atoms with E-state index in [1.807, 2.05) is 0 Å². The Balaban J connectivity index is 2.83. The van der Waals surface area contributed by atoms with Gasteiger partial charge in [-0.25, -0.2) is 0 Å². The van der Waals surface area contributed by atoms with E-state index in [2.05, 4.69) is 45.2 Å². The van der Waals surface area contributed by atoms with Crippen LogP contribution in [-0.4, -0.2) is 86.1 Å². The third kappa shape index (κ3) is 7.63. The van der Waals surface area contributed by atoms with Crippen molar-refractivity contribution in [3.8, 4) is 0 Å². The number of rotatable bonds is 12. The highest BCUT2D eigenvalue weighted by molar-refractivity contribution is 6.81. The minimum Gasteiger partial charge on any atom is -0.469 e. The van der Waals surface area contributed by atoms with Gasteiger partial charge in [0.05, 0.1) is 27.5 Å². The van der Waals surface area contributed by atoms with E-state index in [4.69, 9.17) is 14.2 Å². The Labute approximate surface area is 187 Å². The van der Waals surface area contributed by atoms with E-state index in [1.165, 1.54) is 13.2 Å². The van der Waals surface area contributed by atoms with Gasteiger partial charge in [-0.3, -0.25) is 4.79 Å². The average molecular weight is 463 g/mol. The van der Waals surface area contributed by atoms with E-state index in [-0.39, 0.29) is 17.6 Å². The van der Waals surface area contributed by atoms with Crippen LogP contribution in [0.3, 0.4) is 0 Å². The predicted octanol–water partition coefficient (Wildman–Crippen LogP) is 2.16. The first kappa shape index (κ1) is 28.2. The van der Waals surface area contributed by atoms with Crippen LogP contribution in [0, 0.1) is 0 Å². The van der Waals surface area contributed by atoms with Crippen LogP contribution in [0.2, 0.25) is 18.1 Å². The molecule has 0 spiro atoms. The lowest BCUT2D eigenvalue weighted by atomic mass is 9.98. The third-order valence-corrected chi connectivity index (χ3v) is 12.2. The van der Waals surface area contributed by atoms with E-state index < -0.39 is 44.5 Å². The van der Waals surface area contributed by atoms with Crippen LogP contribution in [0.25, 0.3) is 0 Å². The second-order valence-electron chi connectivity index (χ2n) is 9.71. The molecule has 9 heteroatoms. The zero-order valence-corrected chi connectivity index (χ0v) is 20.9. The Morgan fingerprint density at radius 2 is 1.81 bits per heavy atom. The standard InChI is InChI=1S/C22H42O8Si/c1-8-13-28-18-16(24)19(20(26)31(6,7)22(2,3)4)30-21(17(18)25)29-14-11-9-10-12-15(23)27-5/h8,16-21,24-26H,1,9-14H2,2-7H3/t16-,17-,18+,19+,20?,21+/m1/s1. The molecule has 0 radical (unpaired) electrons. The molecular formula is C22H42O8Si. The van der Waals surface area contributed by atoms with Crippen LogP contribution in [0.1, 0.15) is 46.5 Å². The fourth-order valence-corrected chi connectivity index (χ4v) is 5.32. The lowest BCUT2D eigenvalue weighted by Crippen LogP contribution is -2.67.